The molecular weight excluding hydrogens is 238 g/mol. The highest BCUT2D eigenvalue weighted by Gasteiger charge is 2.35. The first kappa shape index (κ1) is 10.6. The number of hydrogen-bond acceptors (Lipinski definition) is 3. The molecule has 0 aromatic heterocycles. The zero-order chi connectivity index (χ0) is 12.0. The lowest BCUT2D eigenvalue weighted by atomic mass is 10.2. The van der Waals surface area contributed by atoms with Crippen molar-refractivity contribution in [1.29, 1.82) is 0 Å². The minimum absolute atomic E-state index is 0.0130. The Morgan fingerprint density at radius 2 is 2.18 bits per heavy atom. The van der Waals surface area contributed by atoms with E-state index in [0.717, 1.165) is 18.6 Å². The van der Waals surface area contributed by atoms with Crippen molar-refractivity contribution in [3.63, 3.8) is 0 Å². The number of carbonyl (C=O) groups excluding carboxylic acids is 1. The Morgan fingerprint density at radius 3 is 2.82 bits per heavy atom. The lowest BCUT2D eigenvalue weighted by Crippen LogP contribution is -2.20. The van der Waals surface area contributed by atoms with Crippen LogP contribution >= 0.6 is 11.6 Å². The molecule has 1 amide bonds. The fraction of sp³-hybridized carbons (Fsp3) is 0.333. The molecule has 0 spiro atoms. The van der Waals surface area contributed by atoms with Crippen LogP contribution in [0.25, 0.3) is 0 Å². The summed E-state index contributed by atoms with van der Waals surface area (Å²) in [7, 11) is 0. The van der Waals surface area contributed by atoms with E-state index in [-0.39, 0.29) is 5.91 Å². The van der Waals surface area contributed by atoms with E-state index in [1.165, 1.54) is 5.01 Å². The molecule has 1 aliphatic carbocycles. The van der Waals surface area contributed by atoms with Crippen LogP contribution in [0, 0.1) is 5.92 Å². The molecule has 0 saturated heterocycles. The van der Waals surface area contributed by atoms with E-state index >= 15 is 0 Å². The molecule has 17 heavy (non-hydrogen) atoms. The number of nitrogen functional groups attached to an aromatic ring is 1. The van der Waals surface area contributed by atoms with Gasteiger partial charge in [-0.1, -0.05) is 11.6 Å². The molecule has 88 valence electrons. The van der Waals surface area contributed by atoms with E-state index in [4.69, 9.17) is 17.3 Å². The molecule has 0 bridgehead atoms. The van der Waals surface area contributed by atoms with Crippen molar-refractivity contribution in [3.05, 3.63) is 23.2 Å². The van der Waals surface area contributed by atoms with Crippen molar-refractivity contribution in [2.24, 2.45) is 11.0 Å². The van der Waals surface area contributed by atoms with E-state index in [2.05, 4.69) is 5.10 Å². The standard InChI is InChI=1S/C12H12ClN3O/c13-8-3-4-11(9(14)5-8)16-12(17)6-10(15-16)7-1-2-7/h3-5,7H,1-2,6,14H2. The summed E-state index contributed by atoms with van der Waals surface area (Å²) in [6, 6.07) is 5.08. The molecule has 1 aliphatic heterocycles. The van der Waals surface area contributed by atoms with E-state index in [1.807, 2.05) is 0 Å². The van der Waals surface area contributed by atoms with E-state index in [1.54, 1.807) is 18.2 Å². The maximum absolute atomic E-state index is 11.9. The van der Waals surface area contributed by atoms with Crippen LogP contribution in [0.3, 0.4) is 0 Å². The molecule has 1 fully saturated rings. The molecule has 0 unspecified atom stereocenters. The predicted molar refractivity (Wildman–Crippen MR) is 68.1 cm³/mol. The Kier molecular flexibility index (Phi) is 2.33. The Labute approximate surface area is 104 Å². The van der Waals surface area contributed by atoms with Gasteiger partial charge in [-0.2, -0.15) is 10.1 Å². The molecule has 0 radical (unpaired) electrons. The molecule has 1 heterocycles. The summed E-state index contributed by atoms with van der Waals surface area (Å²) in [5, 5.41) is 6.33. The van der Waals surface area contributed by atoms with Crippen LogP contribution in [0.5, 0.6) is 0 Å². The molecule has 0 atom stereocenters. The van der Waals surface area contributed by atoms with E-state index in [9.17, 15) is 4.79 Å². The Morgan fingerprint density at radius 1 is 1.41 bits per heavy atom. The van der Waals surface area contributed by atoms with Gasteiger partial charge in [0.2, 0.25) is 0 Å². The van der Waals surface area contributed by atoms with Crippen molar-refractivity contribution in [2.45, 2.75) is 19.3 Å². The molecule has 2 aliphatic rings. The van der Waals surface area contributed by atoms with Gasteiger partial charge < -0.3 is 5.73 Å². The van der Waals surface area contributed by atoms with Gasteiger partial charge in [0, 0.05) is 5.02 Å². The van der Waals surface area contributed by atoms with Gasteiger partial charge in [0.25, 0.3) is 5.91 Å². The summed E-state index contributed by atoms with van der Waals surface area (Å²) in [6.45, 7) is 0. The van der Waals surface area contributed by atoms with Gasteiger partial charge in [-0.3, -0.25) is 4.79 Å². The third kappa shape index (κ3) is 1.89. The maximum atomic E-state index is 11.9. The quantitative estimate of drug-likeness (QED) is 0.819. The summed E-state index contributed by atoms with van der Waals surface area (Å²) in [5.74, 6) is 0.499. The summed E-state index contributed by atoms with van der Waals surface area (Å²) in [5.41, 5.74) is 7.94. The third-order valence-corrected chi connectivity index (χ3v) is 3.30. The monoisotopic (exact) mass is 249 g/mol. The fourth-order valence-corrected chi connectivity index (χ4v) is 2.18. The fourth-order valence-electron chi connectivity index (χ4n) is 2.00. The van der Waals surface area contributed by atoms with Crippen molar-refractivity contribution >= 4 is 34.6 Å². The number of halogens is 1. The molecule has 1 aromatic rings. The van der Waals surface area contributed by atoms with Gasteiger partial charge >= 0.3 is 0 Å². The highest BCUT2D eigenvalue weighted by molar-refractivity contribution is 6.31. The summed E-state index contributed by atoms with van der Waals surface area (Å²) < 4.78 is 0. The average molecular weight is 250 g/mol. The first-order valence-electron chi connectivity index (χ1n) is 5.60. The molecule has 1 aromatic carbocycles. The largest absolute Gasteiger partial charge is 0.397 e. The Hall–Kier alpha value is -1.55. The van der Waals surface area contributed by atoms with Crippen LogP contribution in [0.15, 0.2) is 23.3 Å². The van der Waals surface area contributed by atoms with Crippen LogP contribution in [-0.4, -0.2) is 11.6 Å². The average Bonchev–Trinajstić information content (AvgIpc) is 3.04. The van der Waals surface area contributed by atoms with Crippen LogP contribution < -0.4 is 10.7 Å². The number of rotatable bonds is 2. The molecule has 2 N–H and O–H groups in total. The highest BCUT2D eigenvalue weighted by Crippen LogP contribution is 2.36. The maximum Gasteiger partial charge on any atom is 0.253 e. The van der Waals surface area contributed by atoms with Gasteiger partial charge in [-0.15, -0.1) is 0 Å². The van der Waals surface area contributed by atoms with Crippen LogP contribution in [0.1, 0.15) is 19.3 Å². The number of hydrazone groups is 1. The van der Waals surface area contributed by atoms with Crippen LogP contribution in [0.2, 0.25) is 5.02 Å². The first-order valence-corrected chi connectivity index (χ1v) is 5.98. The lowest BCUT2D eigenvalue weighted by molar-refractivity contribution is -0.116. The Bertz CT molecular complexity index is 522. The smallest absolute Gasteiger partial charge is 0.253 e. The number of carbonyl (C=O) groups is 1. The van der Waals surface area contributed by atoms with E-state index in [0.29, 0.717) is 28.7 Å². The van der Waals surface area contributed by atoms with Crippen molar-refractivity contribution in [3.8, 4) is 0 Å². The molecule has 4 nitrogen and oxygen atoms in total. The minimum Gasteiger partial charge on any atom is -0.397 e. The summed E-state index contributed by atoms with van der Waals surface area (Å²) >= 11 is 5.83. The van der Waals surface area contributed by atoms with Gasteiger partial charge in [0.1, 0.15) is 0 Å². The number of nitrogens with two attached hydrogens (primary N) is 1. The van der Waals surface area contributed by atoms with Crippen LogP contribution in [-0.2, 0) is 4.79 Å². The Balaban J connectivity index is 1.95. The number of anilines is 2. The van der Waals surface area contributed by atoms with Crippen molar-refractivity contribution in [1.82, 2.24) is 0 Å². The number of amides is 1. The van der Waals surface area contributed by atoms with Crippen LogP contribution in [0.4, 0.5) is 11.4 Å². The normalized spacial score (nSPS) is 19.7. The minimum atomic E-state index is -0.0130. The van der Waals surface area contributed by atoms with Gasteiger partial charge in [-0.25, -0.2) is 0 Å². The van der Waals surface area contributed by atoms with Gasteiger partial charge in [0.15, 0.2) is 0 Å². The second kappa shape index (κ2) is 3.74. The molecular formula is C12H12ClN3O. The summed E-state index contributed by atoms with van der Waals surface area (Å²) in [4.78, 5) is 11.9. The predicted octanol–water partition coefficient (Wildman–Crippen LogP) is 2.42. The third-order valence-electron chi connectivity index (χ3n) is 3.06. The molecule has 3 rings (SSSR count). The van der Waals surface area contributed by atoms with Gasteiger partial charge in [-0.05, 0) is 37.0 Å². The SMILES string of the molecule is Nc1cc(Cl)ccc1N1N=C(C2CC2)CC1=O. The van der Waals surface area contributed by atoms with Crippen molar-refractivity contribution < 1.29 is 4.79 Å². The summed E-state index contributed by atoms with van der Waals surface area (Å²) in [6.07, 6.45) is 2.72. The second-order valence-corrected chi connectivity index (χ2v) is 4.89. The number of benzene rings is 1. The zero-order valence-electron chi connectivity index (χ0n) is 9.19. The highest BCUT2D eigenvalue weighted by atomic mass is 35.5. The van der Waals surface area contributed by atoms with Gasteiger partial charge in [0.05, 0.1) is 23.5 Å². The van der Waals surface area contributed by atoms with E-state index < -0.39 is 0 Å². The number of hydrogen-bond donors (Lipinski definition) is 1. The van der Waals surface area contributed by atoms with Crippen molar-refractivity contribution in [2.75, 3.05) is 10.7 Å². The molecule has 5 heteroatoms. The lowest BCUT2D eigenvalue weighted by Gasteiger charge is -2.14. The molecule has 1 saturated carbocycles. The second-order valence-electron chi connectivity index (χ2n) is 4.45. The zero-order valence-corrected chi connectivity index (χ0v) is 9.94. The topological polar surface area (TPSA) is 58.7 Å². The number of nitrogens with zero attached hydrogens (tertiary/aromatic N) is 2. The first-order chi connectivity index (χ1) is 8.15.